The molecule has 4 heteroatoms. The van der Waals surface area contributed by atoms with Crippen LogP contribution in [0.4, 0.5) is 0 Å². The summed E-state index contributed by atoms with van der Waals surface area (Å²) >= 11 is 0. The number of aliphatic hydroxyl groups is 1. The van der Waals surface area contributed by atoms with Crippen molar-refractivity contribution >= 4 is 0 Å². The third-order valence-corrected chi connectivity index (χ3v) is 2.73. The molecule has 1 aromatic carbocycles. The number of methoxy groups -OCH3 is 1. The van der Waals surface area contributed by atoms with E-state index in [2.05, 4.69) is 13.8 Å². The van der Waals surface area contributed by atoms with Crippen LogP contribution in [0.2, 0.25) is 0 Å². The normalized spacial score (nSPS) is 14.3. The number of nitrogens with two attached hydrogens (primary N) is 1. The zero-order chi connectivity index (χ0) is 13.5. The average Bonchev–Trinajstić information content (AvgIpc) is 2.35. The van der Waals surface area contributed by atoms with Gasteiger partial charge in [0.2, 0.25) is 0 Å². The molecule has 1 rings (SSSR count). The van der Waals surface area contributed by atoms with Crippen LogP contribution >= 0.6 is 0 Å². The molecule has 0 aromatic heterocycles. The molecule has 2 unspecified atom stereocenters. The topological polar surface area (TPSA) is 64.7 Å². The van der Waals surface area contributed by atoms with Crippen molar-refractivity contribution in [1.29, 1.82) is 0 Å². The summed E-state index contributed by atoms with van der Waals surface area (Å²) in [5.41, 5.74) is 6.03. The van der Waals surface area contributed by atoms with Gasteiger partial charge in [0.05, 0.1) is 13.7 Å². The molecule has 3 N–H and O–H groups in total. The van der Waals surface area contributed by atoms with Crippen molar-refractivity contribution in [3.63, 3.8) is 0 Å². The van der Waals surface area contributed by atoms with Crippen LogP contribution in [-0.4, -0.2) is 31.0 Å². The smallest absolute Gasteiger partial charge is 0.137 e. The number of benzene rings is 1. The highest BCUT2D eigenvalue weighted by molar-refractivity contribution is 5.33. The maximum atomic E-state index is 9.36. The Morgan fingerprint density at radius 1 is 1.28 bits per heavy atom. The van der Waals surface area contributed by atoms with Gasteiger partial charge < -0.3 is 20.3 Å². The van der Waals surface area contributed by atoms with E-state index in [1.165, 1.54) is 0 Å². The Kier molecular flexibility index (Phi) is 5.95. The van der Waals surface area contributed by atoms with E-state index < -0.39 is 0 Å². The Balaban J connectivity index is 2.66. The predicted octanol–water partition coefficient (Wildman–Crippen LogP) is 1.81. The molecule has 0 aliphatic rings. The van der Waals surface area contributed by atoms with Crippen molar-refractivity contribution < 1.29 is 14.6 Å². The number of hydrogen-bond donors (Lipinski definition) is 2. The fourth-order valence-corrected chi connectivity index (χ4v) is 1.81. The molecular formula is C14H23NO3. The van der Waals surface area contributed by atoms with Crippen LogP contribution in [0.15, 0.2) is 24.3 Å². The minimum absolute atomic E-state index is 0.0922. The maximum absolute atomic E-state index is 9.36. The lowest BCUT2D eigenvalue weighted by Crippen LogP contribution is -2.42. The van der Waals surface area contributed by atoms with Gasteiger partial charge in [0.1, 0.15) is 17.6 Å². The molecule has 0 radical (unpaired) electrons. The largest absolute Gasteiger partial charge is 0.497 e. The second kappa shape index (κ2) is 7.24. The summed E-state index contributed by atoms with van der Waals surface area (Å²) in [4.78, 5) is 0. The molecule has 0 heterocycles. The summed E-state index contributed by atoms with van der Waals surface area (Å²) in [7, 11) is 1.60. The Bertz CT molecular complexity index is 355. The second-order valence-electron chi connectivity index (χ2n) is 4.81. The van der Waals surface area contributed by atoms with E-state index in [1.807, 2.05) is 18.2 Å². The van der Waals surface area contributed by atoms with Gasteiger partial charge in [0, 0.05) is 12.1 Å². The van der Waals surface area contributed by atoms with Crippen LogP contribution < -0.4 is 15.2 Å². The van der Waals surface area contributed by atoms with Gasteiger partial charge in [-0.1, -0.05) is 19.9 Å². The lowest BCUT2D eigenvalue weighted by molar-refractivity contribution is 0.0879. The summed E-state index contributed by atoms with van der Waals surface area (Å²) < 4.78 is 10.8. The second-order valence-corrected chi connectivity index (χ2v) is 4.81. The first-order chi connectivity index (χ1) is 8.56. The van der Waals surface area contributed by atoms with Crippen molar-refractivity contribution in [1.82, 2.24) is 0 Å². The highest BCUT2D eigenvalue weighted by Crippen LogP contribution is 2.21. The standard InChI is InChI=1S/C14H23NO3/c1-10(2)7-13(15)14(9-16)18-12-6-4-5-11(8-12)17-3/h4-6,8,10,13-14,16H,7,9,15H2,1-3H3. The summed E-state index contributed by atoms with van der Waals surface area (Å²) in [5.74, 6) is 1.86. The Hall–Kier alpha value is -1.26. The first-order valence-corrected chi connectivity index (χ1v) is 6.24. The van der Waals surface area contributed by atoms with Gasteiger partial charge in [-0.3, -0.25) is 0 Å². The van der Waals surface area contributed by atoms with Gasteiger partial charge in [-0.15, -0.1) is 0 Å². The van der Waals surface area contributed by atoms with Gasteiger partial charge in [-0.05, 0) is 24.5 Å². The van der Waals surface area contributed by atoms with E-state index in [0.29, 0.717) is 11.7 Å². The fraction of sp³-hybridized carbons (Fsp3) is 0.571. The van der Waals surface area contributed by atoms with E-state index in [-0.39, 0.29) is 18.8 Å². The van der Waals surface area contributed by atoms with E-state index in [9.17, 15) is 5.11 Å². The maximum Gasteiger partial charge on any atom is 0.137 e. The van der Waals surface area contributed by atoms with E-state index in [0.717, 1.165) is 12.2 Å². The molecule has 4 nitrogen and oxygen atoms in total. The van der Waals surface area contributed by atoms with E-state index in [1.54, 1.807) is 13.2 Å². The molecule has 0 saturated carbocycles. The molecular weight excluding hydrogens is 230 g/mol. The molecule has 0 spiro atoms. The van der Waals surface area contributed by atoms with Crippen LogP contribution in [0.25, 0.3) is 0 Å². The highest BCUT2D eigenvalue weighted by Gasteiger charge is 2.20. The van der Waals surface area contributed by atoms with Crippen molar-refractivity contribution in [2.75, 3.05) is 13.7 Å². The molecule has 1 aromatic rings. The molecule has 0 bridgehead atoms. The van der Waals surface area contributed by atoms with Crippen molar-refractivity contribution in [3.05, 3.63) is 24.3 Å². The Morgan fingerprint density at radius 3 is 2.50 bits per heavy atom. The summed E-state index contributed by atoms with van der Waals surface area (Å²) in [5, 5.41) is 9.36. The Morgan fingerprint density at radius 2 is 1.94 bits per heavy atom. The molecule has 0 fully saturated rings. The molecule has 2 atom stereocenters. The average molecular weight is 253 g/mol. The van der Waals surface area contributed by atoms with Gasteiger partial charge in [0.25, 0.3) is 0 Å². The molecule has 102 valence electrons. The zero-order valence-corrected chi connectivity index (χ0v) is 11.3. The van der Waals surface area contributed by atoms with Crippen molar-refractivity contribution in [2.24, 2.45) is 11.7 Å². The van der Waals surface area contributed by atoms with Crippen molar-refractivity contribution in [2.45, 2.75) is 32.4 Å². The lowest BCUT2D eigenvalue weighted by atomic mass is 10.0. The van der Waals surface area contributed by atoms with Gasteiger partial charge >= 0.3 is 0 Å². The highest BCUT2D eigenvalue weighted by atomic mass is 16.5. The van der Waals surface area contributed by atoms with Gasteiger partial charge in [-0.2, -0.15) is 0 Å². The third kappa shape index (κ3) is 4.55. The number of ether oxygens (including phenoxy) is 2. The van der Waals surface area contributed by atoms with Crippen LogP contribution in [0.5, 0.6) is 11.5 Å². The SMILES string of the molecule is COc1cccc(OC(CO)C(N)CC(C)C)c1. The molecule has 0 saturated heterocycles. The lowest BCUT2D eigenvalue weighted by Gasteiger charge is -2.24. The molecule has 0 aliphatic heterocycles. The van der Waals surface area contributed by atoms with Gasteiger partial charge in [0.15, 0.2) is 0 Å². The van der Waals surface area contributed by atoms with Crippen LogP contribution in [0.3, 0.4) is 0 Å². The quantitative estimate of drug-likeness (QED) is 0.778. The van der Waals surface area contributed by atoms with Gasteiger partial charge in [-0.25, -0.2) is 0 Å². The number of hydrogen-bond acceptors (Lipinski definition) is 4. The van der Waals surface area contributed by atoms with Crippen LogP contribution in [0, 0.1) is 5.92 Å². The first kappa shape index (κ1) is 14.8. The summed E-state index contributed by atoms with van der Waals surface area (Å²) in [6.07, 6.45) is 0.425. The van der Waals surface area contributed by atoms with Crippen LogP contribution in [-0.2, 0) is 0 Å². The zero-order valence-electron chi connectivity index (χ0n) is 11.3. The van der Waals surface area contributed by atoms with E-state index >= 15 is 0 Å². The minimum atomic E-state index is -0.389. The summed E-state index contributed by atoms with van der Waals surface area (Å²) in [6, 6.07) is 7.12. The third-order valence-electron chi connectivity index (χ3n) is 2.73. The van der Waals surface area contributed by atoms with Crippen LogP contribution in [0.1, 0.15) is 20.3 Å². The predicted molar refractivity (Wildman–Crippen MR) is 71.9 cm³/mol. The monoisotopic (exact) mass is 253 g/mol. The fourth-order valence-electron chi connectivity index (χ4n) is 1.81. The number of aliphatic hydroxyl groups excluding tert-OH is 1. The summed E-state index contributed by atoms with van der Waals surface area (Å²) in [6.45, 7) is 4.10. The molecule has 0 aliphatic carbocycles. The minimum Gasteiger partial charge on any atom is -0.497 e. The Labute approximate surface area is 109 Å². The van der Waals surface area contributed by atoms with E-state index in [4.69, 9.17) is 15.2 Å². The number of rotatable bonds is 7. The van der Waals surface area contributed by atoms with Crippen molar-refractivity contribution in [3.8, 4) is 11.5 Å². The molecule has 0 amide bonds. The molecule has 18 heavy (non-hydrogen) atoms. The first-order valence-electron chi connectivity index (χ1n) is 6.24.